The Hall–Kier alpha value is -1.91. The van der Waals surface area contributed by atoms with Crippen LogP contribution < -0.4 is 9.74 Å². The van der Waals surface area contributed by atoms with Gasteiger partial charge < -0.3 is 0 Å². The van der Waals surface area contributed by atoms with Gasteiger partial charge in [-0.25, -0.2) is 0 Å². The van der Waals surface area contributed by atoms with Crippen molar-refractivity contribution in [1.82, 2.24) is 4.84 Å². The molecule has 0 aliphatic heterocycles. The van der Waals surface area contributed by atoms with Crippen LogP contribution in [0.25, 0.3) is 0 Å². The second kappa shape index (κ2) is 6.50. The lowest BCUT2D eigenvalue weighted by Crippen LogP contribution is -2.40. The molecule has 0 radical (unpaired) electrons. The number of rotatable bonds is 2. The van der Waals surface area contributed by atoms with E-state index in [-0.39, 0.29) is 11.0 Å². The highest BCUT2D eigenvalue weighted by atomic mass is 35.5. The van der Waals surface area contributed by atoms with Gasteiger partial charge in [0.05, 0.1) is 5.69 Å². The monoisotopic (exact) mass is 304 g/mol. The third-order valence-corrected chi connectivity index (χ3v) is 3.38. The van der Waals surface area contributed by atoms with E-state index in [2.05, 4.69) is 4.84 Å². The maximum Gasteiger partial charge on any atom is 0.264 e. The normalized spacial score (nSPS) is 9.90. The van der Waals surface area contributed by atoms with Crippen LogP contribution in [0.15, 0.2) is 54.6 Å². The van der Waals surface area contributed by atoms with Gasteiger partial charge in [0, 0.05) is 17.3 Å². The number of hydrogen-bond donors (Lipinski definition) is 1. The van der Waals surface area contributed by atoms with Crippen molar-refractivity contribution in [1.29, 1.82) is 0 Å². The first-order valence-corrected chi connectivity index (χ1v) is 6.79. The minimum atomic E-state index is -0.229. The van der Waals surface area contributed by atoms with E-state index < -0.39 is 0 Å². The molecule has 0 spiro atoms. The highest BCUT2D eigenvalue weighted by Gasteiger charge is 2.21. The van der Waals surface area contributed by atoms with Gasteiger partial charge in [0.1, 0.15) is 0 Å². The molecule has 3 nitrogen and oxygen atoms in total. The zero-order valence-corrected chi connectivity index (χ0v) is 12.4. The van der Waals surface area contributed by atoms with Crippen molar-refractivity contribution in [2.75, 3.05) is 4.90 Å². The standard InChI is InChI=1S/C15H13ClN2OS/c1-11-7-9-13(10-8-11)18(15(20)17-16)14(19)12-5-3-2-4-6-12/h2-10H,1H3,(H,17,20). The van der Waals surface area contributed by atoms with Crippen LogP contribution in [-0.4, -0.2) is 11.0 Å². The van der Waals surface area contributed by atoms with Crippen molar-refractivity contribution in [2.45, 2.75) is 6.92 Å². The van der Waals surface area contributed by atoms with Gasteiger partial charge >= 0.3 is 0 Å². The van der Waals surface area contributed by atoms with Crippen molar-refractivity contribution in [3.8, 4) is 0 Å². The van der Waals surface area contributed by atoms with E-state index in [1.54, 1.807) is 24.3 Å². The number of aryl methyl sites for hydroxylation is 1. The number of nitrogens with zero attached hydrogens (tertiary/aromatic N) is 1. The number of halogens is 1. The number of hydrogen-bond acceptors (Lipinski definition) is 2. The molecule has 0 saturated carbocycles. The molecule has 0 fully saturated rings. The predicted octanol–water partition coefficient (Wildman–Crippen LogP) is 3.67. The Bertz CT molecular complexity index is 614. The fourth-order valence-corrected chi connectivity index (χ4v) is 2.05. The van der Waals surface area contributed by atoms with Crippen molar-refractivity contribution in [3.05, 3.63) is 65.7 Å². The summed E-state index contributed by atoms with van der Waals surface area (Å²) in [5.41, 5.74) is 2.32. The molecule has 1 N–H and O–H groups in total. The van der Waals surface area contributed by atoms with Crippen LogP contribution in [-0.2, 0) is 0 Å². The van der Waals surface area contributed by atoms with Gasteiger partial charge in [-0.2, -0.15) is 0 Å². The van der Waals surface area contributed by atoms with E-state index in [0.717, 1.165) is 5.56 Å². The SMILES string of the molecule is Cc1ccc(N(C(=O)c2ccccc2)C(=S)NCl)cc1. The molecule has 0 unspecified atom stereocenters. The molecule has 0 aliphatic carbocycles. The van der Waals surface area contributed by atoms with Crippen molar-refractivity contribution in [3.63, 3.8) is 0 Å². The van der Waals surface area contributed by atoms with Gasteiger partial charge in [-0.1, -0.05) is 35.9 Å². The number of carbonyl (C=O) groups is 1. The Kier molecular flexibility index (Phi) is 4.71. The van der Waals surface area contributed by atoms with Crippen molar-refractivity contribution < 1.29 is 4.79 Å². The third kappa shape index (κ3) is 3.15. The van der Waals surface area contributed by atoms with Crippen LogP contribution in [0.3, 0.4) is 0 Å². The van der Waals surface area contributed by atoms with Gasteiger partial charge in [0.2, 0.25) is 0 Å². The number of carbonyl (C=O) groups excluding carboxylic acids is 1. The minimum Gasteiger partial charge on any atom is -0.274 e. The average Bonchev–Trinajstić information content (AvgIpc) is 2.50. The lowest BCUT2D eigenvalue weighted by Gasteiger charge is -2.22. The van der Waals surface area contributed by atoms with E-state index in [9.17, 15) is 4.79 Å². The number of anilines is 1. The maximum atomic E-state index is 12.6. The van der Waals surface area contributed by atoms with E-state index in [4.69, 9.17) is 24.0 Å². The van der Waals surface area contributed by atoms with Gasteiger partial charge in [0.25, 0.3) is 5.91 Å². The lowest BCUT2D eigenvalue weighted by atomic mass is 10.1. The first-order chi connectivity index (χ1) is 9.63. The van der Waals surface area contributed by atoms with E-state index in [0.29, 0.717) is 11.3 Å². The van der Waals surface area contributed by atoms with E-state index >= 15 is 0 Å². The molecule has 0 aromatic heterocycles. The summed E-state index contributed by atoms with van der Waals surface area (Å²) in [5.74, 6) is -0.229. The predicted molar refractivity (Wildman–Crippen MR) is 86.0 cm³/mol. The Labute approximate surface area is 128 Å². The molecule has 20 heavy (non-hydrogen) atoms. The van der Waals surface area contributed by atoms with Crippen LogP contribution in [0.4, 0.5) is 5.69 Å². The summed E-state index contributed by atoms with van der Waals surface area (Å²) in [7, 11) is 0. The Morgan fingerprint density at radius 1 is 1.10 bits per heavy atom. The highest BCUT2D eigenvalue weighted by molar-refractivity contribution is 7.80. The molecule has 0 atom stereocenters. The topological polar surface area (TPSA) is 32.3 Å². The maximum absolute atomic E-state index is 12.6. The summed E-state index contributed by atoms with van der Waals surface area (Å²) in [6, 6.07) is 16.4. The molecule has 5 heteroatoms. The van der Waals surface area contributed by atoms with Crippen LogP contribution >= 0.6 is 24.0 Å². The molecule has 0 saturated heterocycles. The summed E-state index contributed by atoms with van der Waals surface area (Å²) in [6.45, 7) is 1.98. The molecule has 102 valence electrons. The quantitative estimate of drug-likeness (QED) is 0.678. The number of benzene rings is 2. The first-order valence-electron chi connectivity index (χ1n) is 6.00. The molecular weight excluding hydrogens is 292 g/mol. The average molecular weight is 305 g/mol. The molecule has 2 aromatic carbocycles. The lowest BCUT2D eigenvalue weighted by molar-refractivity contribution is 0.100. The minimum absolute atomic E-state index is 0.143. The van der Waals surface area contributed by atoms with E-state index in [1.165, 1.54) is 4.90 Å². The highest BCUT2D eigenvalue weighted by Crippen LogP contribution is 2.18. The van der Waals surface area contributed by atoms with Crippen LogP contribution in [0.5, 0.6) is 0 Å². The summed E-state index contributed by atoms with van der Waals surface area (Å²) in [4.78, 5) is 16.3. The fraction of sp³-hybridized carbons (Fsp3) is 0.0667. The van der Waals surface area contributed by atoms with E-state index in [1.807, 2.05) is 37.3 Å². The Balaban J connectivity index is 2.40. The molecule has 2 aromatic rings. The first kappa shape index (κ1) is 14.5. The zero-order valence-electron chi connectivity index (χ0n) is 10.8. The second-order valence-corrected chi connectivity index (χ2v) is 4.82. The molecule has 1 amide bonds. The summed E-state index contributed by atoms with van der Waals surface area (Å²) < 4.78 is 0. The Morgan fingerprint density at radius 2 is 1.70 bits per heavy atom. The van der Waals surface area contributed by atoms with Crippen LogP contribution in [0.2, 0.25) is 0 Å². The molecule has 0 bridgehead atoms. The summed E-state index contributed by atoms with van der Waals surface area (Å²) >= 11 is 10.7. The van der Waals surface area contributed by atoms with Gasteiger partial charge in [0.15, 0.2) is 5.11 Å². The Morgan fingerprint density at radius 3 is 2.25 bits per heavy atom. The largest absolute Gasteiger partial charge is 0.274 e. The second-order valence-electron chi connectivity index (χ2n) is 4.24. The zero-order chi connectivity index (χ0) is 14.5. The molecule has 0 heterocycles. The molecule has 0 aliphatic rings. The van der Waals surface area contributed by atoms with Crippen molar-refractivity contribution in [2.24, 2.45) is 0 Å². The summed E-state index contributed by atoms with van der Waals surface area (Å²) in [6.07, 6.45) is 0. The summed E-state index contributed by atoms with van der Waals surface area (Å²) in [5, 5.41) is 0.143. The smallest absolute Gasteiger partial charge is 0.264 e. The number of thiocarbonyl (C=S) groups is 1. The van der Waals surface area contributed by atoms with Gasteiger partial charge in [-0.05, 0) is 43.4 Å². The van der Waals surface area contributed by atoms with Crippen molar-refractivity contribution >= 4 is 40.7 Å². The third-order valence-electron chi connectivity index (χ3n) is 2.80. The van der Waals surface area contributed by atoms with Crippen LogP contribution in [0.1, 0.15) is 15.9 Å². The van der Waals surface area contributed by atoms with Crippen LogP contribution in [0, 0.1) is 6.92 Å². The molecular formula is C15H13ClN2OS. The number of amides is 1. The molecule has 2 rings (SSSR count). The van der Waals surface area contributed by atoms with Gasteiger partial charge in [-0.3, -0.25) is 14.5 Å². The number of nitrogens with one attached hydrogen (secondary N) is 1. The van der Waals surface area contributed by atoms with Gasteiger partial charge in [-0.15, -0.1) is 0 Å². The fourth-order valence-electron chi connectivity index (χ4n) is 1.77.